The normalized spacial score (nSPS) is 16.7. The molecule has 3 aromatic rings. The van der Waals surface area contributed by atoms with E-state index in [1.807, 2.05) is 36.4 Å². The largest absolute Gasteiger partial charge is 0.467 e. The van der Waals surface area contributed by atoms with Gasteiger partial charge in [0.1, 0.15) is 23.3 Å². The molecule has 132 valence electrons. The monoisotopic (exact) mass is 386 g/mol. The van der Waals surface area contributed by atoms with Crippen molar-refractivity contribution in [3.8, 4) is 0 Å². The van der Waals surface area contributed by atoms with Gasteiger partial charge in [0.15, 0.2) is 0 Å². The Morgan fingerprint density at radius 3 is 2.77 bits per heavy atom. The van der Waals surface area contributed by atoms with E-state index in [-0.39, 0.29) is 17.7 Å². The summed E-state index contributed by atoms with van der Waals surface area (Å²) in [6, 6.07) is 14.5. The van der Waals surface area contributed by atoms with E-state index < -0.39 is 0 Å². The molecule has 1 amide bonds. The predicted octanol–water partition coefficient (Wildman–Crippen LogP) is 5.00. The zero-order valence-electron chi connectivity index (χ0n) is 13.7. The number of hydrazone groups is 1. The van der Waals surface area contributed by atoms with Gasteiger partial charge in [-0.2, -0.15) is 5.10 Å². The maximum Gasteiger partial charge on any atom is 0.253 e. The smallest absolute Gasteiger partial charge is 0.253 e. The Labute approximate surface area is 159 Å². The van der Waals surface area contributed by atoms with Gasteiger partial charge in [-0.3, -0.25) is 4.79 Å². The van der Waals surface area contributed by atoms with Crippen LogP contribution in [0.15, 0.2) is 79.9 Å². The van der Waals surface area contributed by atoms with Crippen molar-refractivity contribution in [2.75, 3.05) is 5.75 Å². The number of carbonyl (C=O) groups is 1. The molecule has 1 aromatic carbocycles. The second kappa shape index (κ2) is 7.43. The highest BCUT2D eigenvalue weighted by Gasteiger charge is 2.35. The molecular formula is C19H15ClN2O3S. The molecule has 7 heteroatoms. The molecule has 1 atom stereocenters. The van der Waals surface area contributed by atoms with Gasteiger partial charge in [0, 0.05) is 16.3 Å². The lowest BCUT2D eigenvalue weighted by atomic mass is 10.1. The number of furan rings is 2. The molecule has 4 rings (SSSR count). The molecule has 1 aliphatic rings. The SMILES string of the molecule is O=C(CSc1cccc(Cl)c1)N1N=C(c2ccco2)CC1c1ccco1. The zero-order valence-corrected chi connectivity index (χ0v) is 15.2. The van der Waals surface area contributed by atoms with Crippen LogP contribution in [-0.4, -0.2) is 22.4 Å². The van der Waals surface area contributed by atoms with E-state index in [0.717, 1.165) is 10.6 Å². The van der Waals surface area contributed by atoms with E-state index in [4.69, 9.17) is 20.4 Å². The van der Waals surface area contributed by atoms with E-state index in [1.54, 1.807) is 24.7 Å². The third-order valence-corrected chi connectivity index (χ3v) is 5.22. The maximum atomic E-state index is 12.8. The lowest BCUT2D eigenvalue weighted by Gasteiger charge is -2.19. The summed E-state index contributed by atoms with van der Waals surface area (Å²) >= 11 is 7.43. The fourth-order valence-corrected chi connectivity index (χ4v) is 3.86. The molecule has 5 nitrogen and oxygen atoms in total. The third-order valence-electron chi connectivity index (χ3n) is 4.00. The Bertz CT molecular complexity index is 922. The number of thioether (sulfide) groups is 1. The molecule has 1 unspecified atom stereocenters. The van der Waals surface area contributed by atoms with Crippen LogP contribution in [0.25, 0.3) is 0 Å². The average molecular weight is 387 g/mol. The second-order valence-electron chi connectivity index (χ2n) is 5.74. The van der Waals surface area contributed by atoms with Gasteiger partial charge in [0.2, 0.25) is 0 Å². The molecule has 0 fully saturated rings. The Hall–Kier alpha value is -2.44. The van der Waals surface area contributed by atoms with Gasteiger partial charge in [0.25, 0.3) is 5.91 Å². The van der Waals surface area contributed by atoms with Crippen LogP contribution in [-0.2, 0) is 4.79 Å². The summed E-state index contributed by atoms with van der Waals surface area (Å²) in [6.07, 6.45) is 3.75. The standard InChI is InChI=1S/C19H15ClN2O3S/c20-13-4-1-5-14(10-13)26-12-19(23)22-16(18-7-3-9-25-18)11-15(21-22)17-6-2-8-24-17/h1-10,16H,11-12H2. The molecule has 0 saturated carbocycles. The number of nitrogens with zero attached hydrogens (tertiary/aromatic N) is 2. The first-order valence-corrected chi connectivity index (χ1v) is 9.42. The number of hydrogen-bond donors (Lipinski definition) is 0. The Kier molecular flexibility index (Phi) is 4.86. The van der Waals surface area contributed by atoms with Crippen molar-refractivity contribution in [2.24, 2.45) is 5.10 Å². The van der Waals surface area contributed by atoms with Gasteiger partial charge in [-0.05, 0) is 42.5 Å². The van der Waals surface area contributed by atoms with Crippen molar-refractivity contribution in [3.63, 3.8) is 0 Å². The van der Waals surface area contributed by atoms with Crippen molar-refractivity contribution >= 4 is 35.0 Å². The van der Waals surface area contributed by atoms with Gasteiger partial charge in [-0.15, -0.1) is 11.8 Å². The molecule has 1 aliphatic heterocycles. The number of amides is 1. The van der Waals surface area contributed by atoms with Crippen LogP contribution in [0.3, 0.4) is 0 Å². The summed E-state index contributed by atoms with van der Waals surface area (Å²) in [5, 5.41) is 6.65. The molecule has 2 aromatic heterocycles. The lowest BCUT2D eigenvalue weighted by Crippen LogP contribution is -2.28. The van der Waals surface area contributed by atoms with E-state index in [0.29, 0.717) is 23.0 Å². The van der Waals surface area contributed by atoms with Crippen molar-refractivity contribution in [2.45, 2.75) is 17.4 Å². The van der Waals surface area contributed by atoms with Crippen molar-refractivity contribution in [1.29, 1.82) is 0 Å². The minimum Gasteiger partial charge on any atom is -0.467 e. The number of halogens is 1. The Morgan fingerprint density at radius 2 is 2.04 bits per heavy atom. The highest BCUT2D eigenvalue weighted by atomic mass is 35.5. The minimum absolute atomic E-state index is 0.0991. The second-order valence-corrected chi connectivity index (χ2v) is 7.23. The summed E-state index contributed by atoms with van der Waals surface area (Å²) in [5.74, 6) is 1.53. The van der Waals surface area contributed by atoms with Crippen LogP contribution in [0, 0.1) is 0 Å². The average Bonchev–Trinajstić information content (AvgIpc) is 3.40. The van der Waals surface area contributed by atoms with Gasteiger partial charge < -0.3 is 8.83 Å². The van der Waals surface area contributed by atoms with Crippen LogP contribution in [0.5, 0.6) is 0 Å². The maximum absolute atomic E-state index is 12.8. The fraction of sp³-hybridized carbons (Fsp3) is 0.158. The van der Waals surface area contributed by atoms with Gasteiger partial charge in [-0.25, -0.2) is 5.01 Å². The molecular weight excluding hydrogens is 372 g/mol. The zero-order chi connectivity index (χ0) is 17.9. The summed E-state index contributed by atoms with van der Waals surface area (Å²) in [7, 11) is 0. The van der Waals surface area contributed by atoms with Crippen molar-refractivity contribution in [1.82, 2.24) is 5.01 Å². The van der Waals surface area contributed by atoms with Crippen LogP contribution in [0.2, 0.25) is 5.02 Å². The summed E-state index contributed by atoms with van der Waals surface area (Å²) in [6.45, 7) is 0. The molecule has 0 spiro atoms. The molecule has 3 heterocycles. The van der Waals surface area contributed by atoms with E-state index in [1.165, 1.54) is 16.8 Å². The highest BCUT2D eigenvalue weighted by Crippen LogP contribution is 2.34. The summed E-state index contributed by atoms with van der Waals surface area (Å²) < 4.78 is 11.0. The minimum atomic E-state index is -0.266. The Morgan fingerprint density at radius 1 is 1.19 bits per heavy atom. The van der Waals surface area contributed by atoms with Crippen molar-refractivity contribution in [3.05, 3.63) is 77.6 Å². The lowest BCUT2D eigenvalue weighted by molar-refractivity contribution is -0.130. The summed E-state index contributed by atoms with van der Waals surface area (Å²) in [5.41, 5.74) is 0.734. The molecule has 26 heavy (non-hydrogen) atoms. The molecule has 0 radical (unpaired) electrons. The third kappa shape index (κ3) is 3.57. The fourth-order valence-electron chi connectivity index (χ4n) is 2.80. The first-order valence-electron chi connectivity index (χ1n) is 8.06. The van der Waals surface area contributed by atoms with Crippen LogP contribution in [0.4, 0.5) is 0 Å². The first kappa shape index (κ1) is 17.0. The number of hydrogen-bond acceptors (Lipinski definition) is 5. The van der Waals surface area contributed by atoms with E-state index in [9.17, 15) is 4.79 Å². The Balaban J connectivity index is 1.53. The predicted molar refractivity (Wildman–Crippen MR) is 100 cm³/mol. The van der Waals surface area contributed by atoms with E-state index in [2.05, 4.69) is 5.10 Å². The van der Waals surface area contributed by atoms with Crippen LogP contribution < -0.4 is 0 Å². The number of carbonyl (C=O) groups excluding carboxylic acids is 1. The highest BCUT2D eigenvalue weighted by molar-refractivity contribution is 8.00. The molecule has 0 aliphatic carbocycles. The van der Waals surface area contributed by atoms with Crippen molar-refractivity contribution < 1.29 is 13.6 Å². The number of benzene rings is 1. The first-order chi connectivity index (χ1) is 12.7. The van der Waals surface area contributed by atoms with Gasteiger partial charge in [0.05, 0.1) is 18.3 Å². The number of rotatable bonds is 5. The van der Waals surface area contributed by atoms with Crippen LogP contribution in [0.1, 0.15) is 24.0 Å². The molecule has 0 saturated heterocycles. The quantitative estimate of drug-likeness (QED) is 0.579. The van der Waals surface area contributed by atoms with E-state index >= 15 is 0 Å². The molecule has 0 bridgehead atoms. The van der Waals surface area contributed by atoms with Gasteiger partial charge in [-0.1, -0.05) is 17.7 Å². The topological polar surface area (TPSA) is 59.0 Å². The van der Waals surface area contributed by atoms with Crippen LogP contribution >= 0.6 is 23.4 Å². The summed E-state index contributed by atoms with van der Waals surface area (Å²) in [4.78, 5) is 13.8. The molecule has 0 N–H and O–H groups in total. The van der Waals surface area contributed by atoms with Gasteiger partial charge >= 0.3 is 0 Å².